The van der Waals surface area contributed by atoms with Crippen molar-refractivity contribution in [3.05, 3.63) is 0 Å². The van der Waals surface area contributed by atoms with Crippen molar-refractivity contribution in [2.24, 2.45) is 11.5 Å². The van der Waals surface area contributed by atoms with Gasteiger partial charge in [0.1, 0.15) is 12.1 Å². The summed E-state index contributed by atoms with van der Waals surface area (Å²) in [5, 5.41) is 22.4. The molecule has 0 saturated carbocycles. The van der Waals surface area contributed by atoms with Crippen LogP contribution in [0.3, 0.4) is 0 Å². The second-order valence-corrected chi connectivity index (χ2v) is 6.72. The first-order valence-electron chi connectivity index (χ1n) is 8.22. The normalized spacial score (nSPS) is 14.1. The maximum Gasteiger partial charge on any atom is 0.326 e. The average Bonchev–Trinajstić information content (AvgIpc) is 2.57. The summed E-state index contributed by atoms with van der Waals surface area (Å²) in [4.78, 5) is 46.3. The van der Waals surface area contributed by atoms with Crippen molar-refractivity contribution in [3.8, 4) is 0 Å². The summed E-state index contributed by atoms with van der Waals surface area (Å²) in [5.41, 5.74) is 11.2. The SMILES string of the molecule is CSCCC(N)C(=O)NC(CCCCN)C(=O)NC(CC(=O)O)C(=O)O. The largest absolute Gasteiger partial charge is 0.481 e. The van der Waals surface area contributed by atoms with E-state index in [1.807, 2.05) is 6.26 Å². The smallest absolute Gasteiger partial charge is 0.326 e. The summed E-state index contributed by atoms with van der Waals surface area (Å²) in [6, 6.07) is -3.38. The summed E-state index contributed by atoms with van der Waals surface area (Å²) < 4.78 is 0. The standard InChI is InChI=1S/C15H28N4O6S/c1-26-7-5-9(17)13(22)18-10(4-2-3-6-16)14(23)19-11(15(24)25)8-12(20)21/h9-11H,2-8,16-17H2,1H3,(H,18,22)(H,19,23)(H,20,21)(H,24,25). The van der Waals surface area contributed by atoms with Gasteiger partial charge in [-0.25, -0.2) is 4.79 Å². The number of carboxylic acid groups (broad SMARTS) is 2. The first-order chi connectivity index (χ1) is 12.2. The number of nitrogens with one attached hydrogen (secondary N) is 2. The Balaban J connectivity index is 4.96. The van der Waals surface area contributed by atoms with E-state index in [1.54, 1.807) is 0 Å². The van der Waals surface area contributed by atoms with Gasteiger partial charge in [0.05, 0.1) is 12.5 Å². The van der Waals surface area contributed by atoms with Crippen molar-refractivity contribution in [1.82, 2.24) is 10.6 Å². The molecule has 26 heavy (non-hydrogen) atoms. The molecular formula is C15H28N4O6S. The highest BCUT2D eigenvalue weighted by molar-refractivity contribution is 7.98. The van der Waals surface area contributed by atoms with E-state index in [4.69, 9.17) is 21.7 Å². The number of aliphatic carboxylic acids is 2. The Hall–Kier alpha value is -1.85. The van der Waals surface area contributed by atoms with Gasteiger partial charge in [0.2, 0.25) is 11.8 Å². The molecule has 0 aliphatic rings. The predicted octanol–water partition coefficient (Wildman–Crippen LogP) is -1.28. The van der Waals surface area contributed by atoms with Crippen molar-refractivity contribution >= 4 is 35.5 Å². The molecule has 0 radical (unpaired) electrons. The summed E-state index contributed by atoms with van der Waals surface area (Å²) in [5.74, 6) is -3.43. The molecule has 0 fully saturated rings. The molecule has 0 rings (SSSR count). The molecule has 150 valence electrons. The van der Waals surface area contributed by atoms with E-state index in [-0.39, 0.29) is 6.42 Å². The van der Waals surface area contributed by atoms with Gasteiger partial charge < -0.3 is 32.3 Å². The van der Waals surface area contributed by atoms with Gasteiger partial charge >= 0.3 is 11.9 Å². The fourth-order valence-corrected chi connectivity index (χ4v) is 2.55. The minimum Gasteiger partial charge on any atom is -0.481 e. The summed E-state index contributed by atoms with van der Waals surface area (Å²) in [6.07, 6.45) is 2.94. The number of unbranched alkanes of at least 4 members (excludes halogenated alkanes) is 1. The van der Waals surface area contributed by atoms with E-state index in [2.05, 4.69) is 10.6 Å². The number of hydrogen-bond acceptors (Lipinski definition) is 7. The van der Waals surface area contributed by atoms with Crippen LogP contribution in [-0.4, -0.2) is 70.6 Å². The lowest BCUT2D eigenvalue weighted by atomic mass is 10.1. The zero-order valence-electron chi connectivity index (χ0n) is 14.8. The van der Waals surface area contributed by atoms with Crippen LogP contribution in [0.4, 0.5) is 0 Å². The number of amides is 2. The van der Waals surface area contributed by atoms with Crippen LogP contribution in [0.1, 0.15) is 32.1 Å². The third-order valence-electron chi connectivity index (χ3n) is 3.54. The van der Waals surface area contributed by atoms with Gasteiger partial charge in [0.15, 0.2) is 0 Å². The van der Waals surface area contributed by atoms with Gasteiger partial charge in [-0.1, -0.05) is 0 Å². The lowest BCUT2D eigenvalue weighted by Crippen LogP contribution is -2.54. The monoisotopic (exact) mass is 392 g/mol. The van der Waals surface area contributed by atoms with Crippen LogP contribution in [0.15, 0.2) is 0 Å². The highest BCUT2D eigenvalue weighted by Gasteiger charge is 2.28. The van der Waals surface area contributed by atoms with E-state index in [0.29, 0.717) is 31.6 Å². The van der Waals surface area contributed by atoms with E-state index < -0.39 is 48.3 Å². The minimum absolute atomic E-state index is 0.240. The third-order valence-corrected chi connectivity index (χ3v) is 4.19. The Morgan fingerprint density at radius 2 is 1.62 bits per heavy atom. The molecule has 0 aliphatic carbocycles. The van der Waals surface area contributed by atoms with Crippen LogP contribution in [0.5, 0.6) is 0 Å². The molecule has 0 aromatic rings. The molecule has 3 unspecified atom stereocenters. The highest BCUT2D eigenvalue weighted by Crippen LogP contribution is 2.05. The summed E-state index contributed by atoms with van der Waals surface area (Å²) in [7, 11) is 0. The maximum absolute atomic E-state index is 12.3. The zero-order valence-corrected chi connectivity index (χ0v) is 15.6. The second-order valence-electron chi connectivity index (χ2n) is 5.73. The van der Waals surface area contributed by atoms with Crippen molar-refractivity contribution < 1.29 is 29.4 Å². The van der Waals surface area contributed by atoms with Gasteiger partial charge in [-0.3, -0.25) is 14.4 Å². The summed E-state index contributed by atoms with van der Waals surface area (Å²) in [6.45, 7) is 0.409. The Morgan fingerprint density at radius 3 is 2.12 bits per heavy atom. The van der Waals surface area contributed by atoms with E-state index in [9.17, 15) is 19.2 Å². The molecule has 2 amide bonds. The Labute approximate surface area is 156 Å². The number of carboxylic acids is 2. The van der Waals surface area contributed by atoms with Crippen LogP contribution in [0.25, 0.3) is 0 Å². The average molecular weight is 392 g/mol. The number of nitrogens with two attached hydrogens (primary N) is 2. The number of rotatable bonds is 14. The molecule has 0 aromatic carbocycles. The molecule has 3 atom stereocenters. The molecular weight excluding hydrogens is 364 g/mol. The molecule has 0 saturated heterocycles. The first kappa shape index (κ1) is 24.1. The number of carbonyl (C=O) groups excluding carboxylic acids is 2. The van der Waals surface area contributed by atoms with E-state index in [1.165, 1.54) is 11.8 Å². The van der Waals surface area contributed by atoms with Crippen molar-refractivity contribution in [3.63, 3.8) is 0 Å². The molecule has 0 heterocycles. The molecule has 0 aliphatic heterocycles. The van der Waals surface area contributed by atoms with Gasteiger partial charge in [-0.15, -0.1) is 0 Å². The third kappa shape index (κ3) is 10.2. The van der Waals surface area contributed by atoms with E-state index >= 15 is 0 Å². The molecule has 11 heteroatoms. The van der Waals surface area contributed by atoms with E-state index in [0.717, 1.165) is 0 Å². The molecule has 0 aromatic heterocycles. The van der Waals surface area contributed by atoms with Crippen molar-refractivity contribution in [2.45, 2.75) is 50.2 Å². The number of carbonyl (C=O) groups is 4. The quantitative estimate of drug-likeness (QED) is 0.196. The molecule has 0 bridgehead atoms. The number of thioether (sulfide) groups is 1. The van der Waals surface area contributed by atoms with Gasteiger partial charge in [0, 0.05) is 0 Å². The lowest BCUT2D eigenvalue weighted by molar-refractivity contribution is -0.147. The van der Waals surface area contributed by atoms with Crippen molar-refractivity contribution in [1.29, 1.82) is 0 Å². The van der Waals surface area contributed by atoms with Crippen LogP contribution in [-0.2, 0) is 19.2 Å². The Kier molecular flexibility index (Phi) is 12.4. The van der Waals surface area contributed by atoms with Crippen molar-refractivity contribution in [2.75, 3.05) is 18.6 Å². The van der Waals surface area contributed by atoms with Gasteiger partial charge in [0.25, 0.3) is 0 Å². The fraction of sp³-hybridized carbons (Fsp3) is 0.733. The Morgan fingerprint density at radius 1 is 1.00 bits per heavy atom. The van der Waals surface area contributed by atoms with Gasteiger partial charge in [-0.2, -0.15) is 11.8 Å². The Bertz CT molecular complexity index is 491. The number of hydrogen-bond donors (Lipinski definition) is 6. The first-order valence-corrected chi connectivity index (χ1v) is 9.62. The molecule has 8 N–H and O–H groups in total. The maximum atomic E-state index is 12.3. The zero-order chi connectivity index (χ0) is 20.1. The van der Waals surface area contributed by atoms with Crippen LogP contribution < -0.4 is 22.1 Å². The minimum atomic E-state index is -1.58. The van der Waals surface area contributed by atoms with Crippen LogP contribution in [0.2, 0.25) is 0 Å². The molecule has 0 spiro atoms. The summed E-state index contributed by atoms with van der Waals surface area (Å²) >= 11 is 1.53. The van der Waals surface area contributed by atoms with Crippen LogP contribution >= 0.6 is 11.8 Å². The van der Waals surface area contributed by atoms with Gasteiger partial charge in [-0.05, 0) is 44.2 Å². The fourth-order valence-electron chi connectivity index (χ4n) is 2.06. The second kappa shape index (κ2) is 13.4. The van der Waals surface area contributed by atoms with Crippen LogP contribution in [0, 0.1) is 0 Å². The lowest BCUT2D eigenvalue weighted by Gasteiger charge is -2.22. The topological polar surface area (TPSA) is 185 Å². The molecule has 10 nitrogen and oxygen atoms in total. The highest BCUT2D eigenvalue weighted by atomic mass is 32.2. The predicted molar refractivity (Wildman–Crippen MR) is 97.6 cm³/mol.